The van der Waals surface area contributed by atoms with Gasteiger partial charge in [-0.05, 0) is 78.9 Å². The first-order valence-corrected chi connectivity index (χ1v) is 13.9. The van der Waals surface area contributed by atoms with Gasteiger partial charge in [-0.25, -0.2) is 9.67 Å². The van der Waals surface area contributed by atoms with E-state index >= 15 is 0 Å². The zero-order chi connectivity index (χ0) is 26.4. The van der Waals surface area contributed by atoms with Crippen LogP contribution in [0.3, 0.4) is 0 Å². The van der Waals surface area contributed by atoms with Crippen molar-refractivity contribution in [3.05, 3.63) is 75.8 Å². The lowest BCUT2D eigenvalue weighted by Gasteiger charge is -2.39. The maximum atomic E-state index is 13.5. The molecule has 0 bridgehead atoms. The van der Waals surface area contributed by atoms with Crippen LogP contribution in [0.25, 0.3) is 21.1 Å². The van der Waals surface area contributed by atoms with Crippen LogP contribution in [0.1, 0.15) is 50.7 Å². The summed E-state index contributed by atoms with van der Waals surface area (Å²) in [5.74, 6) is 0.683. The summed E-state index contributed by atoms with van der Waals surface area (Å²) in [7, 11) is 0. The van der Waals surface area contributed by atoms with Gasteiger partial charge in [-0.2, -0.15) is 0 Å². The van der Waals surface area contributed by atoms with Gasteiger partial charge in [0.1, 0.15) is 6.04 Å². The van der Waals surface area contributed by atoms with Crippen LogP contribution in [0.4, 0.5) is 5.13 Å². The van der Waals surface area contributed by atoms with Crippen LogP contribution in [0.15, 0.2) is 53.3 Å². The molecule has 4 heterocycles. The molecule has 6 rings (SSSR count). The van der Waals surface area contributed by atoms with Crippen LogP contribution in [-0.2, 0) is 12.0 Å². The molecule has 0 spiro atoms. The molecule has 0 amide bonds. The standard InChI is InChI=1S/C28H32N8OS/c1-5-18-10-11-21-19(16-18)17-20(26(37)29-21)24(25-31-32-33-36(25)28(2,3)4)34-12-14-35(15-13-34)27-30-22-8-6-7-9-23(22)38-27/h6-11,16-17,24H,5,12-15H2,1-4H3,(H,29,37)/t24-/m1/s1. The van der Waals surface area contributed by atoms with Crippen LogP contribution in [0.2, 0.25) is 0 Å². The number of pyridine rings is 1. The first-order valence-electron chi connectivity index (χ1n) is 13.1. The van der Waals surface area contributed by atoms with Crippen molar-refractivity contribution in [1.82, 2.24) is 35.1 Å². The van der Waals surface area contributed by atoms with Crippen LogP contribution >= 0.6 is 11.3 Å². The van der Waals surface area contributed by atoms with Crippen molar-refractivity contribution in [2.45, 2.75) is 45.7 Å². The predicted molar refractivity (Wildman–Crippen MR) is 152 cm³/mol. The number of hydrogen-bond donors (Lipinski definition) is 1. The van der Waals surface area contributed by atoms with E-state index in [9.17, 15) is 4.79 Å². The Bertz CT molecular complexity index is 1620. The topological polar surface area (TPSA) is 95.8 Å². The number of nitrogens with one attached hydrogen (secondary N) is 1. The first-order chi connectivity index (χ1) is 18.3. The van der Waals surface area contributed by atoms with E-state index < -0.39 is 0 Å². The van der Waals surface area contributed by atoms with Crippen molar-refractivity contribution in [3.63, 3.8) is 0 Å². The van der Waals surface area contributed by atoms with Crippen molar-refractivity contribution in [1.29, 1.82) is 0 Å². The van der Waals surface area contributed by atoms with Crippen molar-refractivity contribution in [2.75, 3.05) is 31.1 Å². The van der Waals surface area contributed by atoms with E-state index in [2.05, 4.69) is 88.3 Å². The molecule has 38 heavy (non-hydrogen) atoms. The number of benzene rings is 2. The van der Waals surface area contributed by atoms with Crippen LogP contribution in [-0.4, -0.2) is 61.3 Å². The highest BCUT2D eigenvalue weighted by atomic mass is 32.1. The van der Waals surface area contributed by atoms with Crippen molar-refractivity contribution in [2.24, 2.45) is 0 Å². The molecule has 1 N–H and O–H groups in total. The maximum Gasteiger partial charge on any atom is 0.253 e. The summed E-state index contributed by atoms with van der Waals surface area (Å²) in [5, 5.41) is 14.9. The second kappa shape index (κ2) is 9.59. The van der Waals surface area contributed by atoms with Crippen molar-refractivity contribution < 1.29 is 0 Å². The average molecular weight is 529 g/mol. The number of tetrazole rings is 1. The lowest BCUT2D eigenvalue weighted by molar-refractivity contribution is 0.190. The van der Waals surface area contributed by atoms with E-state index in [1.807, 2.05) is 22.9 Å². The summed E-state index contributed by atoms with van der Waals surface area (Å²) >= 11 is 1.73. The monoisotopic (exact) mass is 528 g/mol. The summed E-state index contributed by atoms with van der Waals surface area (Å²) in [6.45, 7) is 11.5. The minimum Gasteiger partial charge on any atom is -0.345 e. The molecule has 1 aliphatic rings. The third-order valence-electron chi connectivity index (χ3n) is 7.25. The number of hydrogen-bond acceptors (Lipinski definition) is 8. The lowest BCUT2D eigenvalue weighted by atomic mass is 10.00. The Morgan fingerprint density at radius 1 is 1.05 bits per heavy atom. The number of para-hydroxylation sites is 1. The normalized spacial score (nSPS) is 15.9. The molecule has 3 aromatic heterocycles. The number of rotatable bonds is 5. The second-order valence-electron chi connectivity index (χ2n) is 10.8. The highest BCUT2D eigenvalue weighted by Gasteiger charge is 2.35. The van der Waals surface area contributed by atoms with Crippen LogP contribution < -0.4 is 10.5 Å². The van der Waals surface area contributed by atoms with Gasteiger partial charge in [-0.3, -0.25) is 9.69 Å². The molecule has 0 unspecified atom stereocenters. The highest BCUT2D eigenvalue weighted by molar-refractivity contribution is 7.22. The van der Waals surface area contributed by atoms with Crippen LogP contribution in [0, 0.1) is 0 Å². The second-order valence-corrected chi connectivity index (χ2v) is 11.8. The quantitative estimate of drug-likeness (QED) is 0.362. The van der Waals surface area contributed by atoms with Gasteiger partial charge in [0.2, 0.25) is 0 Å². The number of piperazine rings is 1. The van der Waals surface area contributed by atoms with Crippen molar-refractivity contribution in [3.8, 4) is 0 Å². The molecule has 1 aliphatic heterocycles. The molecule has 10 heteroatoms. The molecule has 5 aromatic rings. The average Bonchev–Trinajstić information content (AvgIpc) is 3.57. The molecule has 0 aliphatic carbocycles. The fraction of sp³-hybridized carbons (Fsp3) is 0.393. The fourth-order valence-corrected chi connectivity index (χ4v) is 6.22. The number of anilines is 1. The summed E-state index contributed by atoms with van der Waals surface area (Å²) in [6, 6.07) is 16.1. The predicted octanol–water partition coefficient (Wildman–Crippen LogP) is 4.35. The zero-order valence-corrected chi connectivity index (χ0v) is 23.0. The Hall–Kier alpha value is -3.63. The Kier molecular flexibility index (Phi) is 6.23. The maximum absolute atomic E-state index is 13.5. The molecule has 196 valence electrons. The number of aryl methyl sites for hydroxylation is 1. The summed E-state index contributed by atoms with van der Waals surface area (Å²) in [4.78, 5) is 26.2. The molecule has 1 saturated heterocycles. The van der Waals surface area contributed by atoms with Crippen LogP contribution in [0.5, 0.6) is 0 Å². The summed E-state index contributed by atoms with van der Waals surface area (Å²) in [5.41, 5.74) is 3.33. The lowest BCUT2D eigenvalue weighted by Crippen LogP contribution is -2.49. The number of nitrogens with zero attached hydrogens (tertiary/aromatic N) is 7. The van der Waals surface area contributed by atoms with E-state index in [0.717, 1.165) is 54.2 Å². The Balaban J connectivity index is 1.39. The Labute approximate surface area is 225 Å². The highest BCUT2D eigenvalue weighted by Crippen LogP contribution is 2.33. The van der Waals surface area contributed by atoms with Gasteiger partial charge in [-0.1, -0.05) is 36.5 Å². The molecule has 0 saturated carbocycles. The zero-order valence-electron chi connectivity index (χ0n) is 22.2. The minimum atomic E-state index is -0.375. The number of aromatic nitrogens is 6. The number of aromatic amines is 1. The van der Waals surface area contributed by atoms with E-state index in [4.69, 9.17) is 4.98 Å². The van der Waals surface area contributed by atoms with Gasteiger partial charge in [-0.15, -0.1) is 5.10 Å². The largest absolute Gasteiger partial charge is 0.345 e. The van der Waals surface area contributed by atoms with Gasteiger partial charge in [0.05, 0.1) is 15.8 Å². The van der Waals surface area contributed by atoms with Gasteiger partial charge < -0.3 is 9.88 Å². The first kappa shape index (κ1) is 24.7. The van der Waals surface area contributed by atoms with E-state index in [1.165, 1.54) is 10.3 Å². The number of thiazole rings is 1. The molecule has 1 atom stereocenters. The molecule has 9 nitrogen and oxygen atoms in total. The van der Waals surface area contributed by atoms with Gasteiger partial charge >= 0.3 is 0 Å². The van der Waals surface area contributed by atoms with Gasteiger partial charge in [0, 0.05) is 37.3 Å². The minimum absolute atomic E-state index is 0.108. The SMILES string of the molecule is CCc1ccc2[nH]c(=O)c([C@H](c3nnnn3C(C)(C)C)N3CCN(c4nc5ccccc5s4)CC3)cc2c1. The summed E-state index contributed by atoms with van der Waals surface area (Å²) < 4.78 is 3.05. The molecule has 1 fully saturated rings. The van der Waals surface area contributed by atoms with E-state index in [0.29, 0.717) is 11.4 Å². The third kappa shape index (κ3) is 4.48. The van der Waals surface area contributed by atoms with Gasteiger partial charge in [0.25, 0.3) is 5.56 Å². The smallest absolute Gasteiger partial charge is 0.253 e. The van der Waals surface area contributed by atoms with Crippen molar-refractivity contribution >= 4 is 37.6 Å². The Morgan fingerprint density at radius 3 is 2.58 bits per heavy atom. The fourth-order valence-electron chi connectivity index (χ4n) is 5.20. The molecular weight excluding hydrogens is 496 g/mol. The molecule has 2 aromatic carbocycles. The Morgan fingerprint density at radius 2 is 1.84 bits per heavy atom. The third-order valence-corrected chi connectivity index (χ3v) is 8.34. The molecule has 0 radical (unpaired) electrons. The van der Waals surface area contributed by atoms with Gasteiger partial charge in [0.15, 0.2) is 11.0 Å². The number of H-pyrrole nitrogens is 1. The van der Waals surface area contributed by atoms with E-state index in [1.54, 1.807) is 11.3 Å². The van der Waals surface area contributed by atoms with E-state index in [-0.39, 0.29) is 17.1 Å². The molecular formula is C28H32N8OS. The number of fused-ring (bicyclic) bond motifs is 2. The summed E-state index contributed by atoms with van der Waals surface area (Å²) in [6.07, 6.45) is 0.934.